The fraction of sp³-hybridized carbons (Fsp3) is 0.385. The van der Waals surface area contributed by atoms with Crippen LogP contribution in [-0.4, -0.2) is 6.54 Å². The Labute approximate surface area is 99.5 Å². The van der Waals surface area contributed by atoms with Gasteiger partial charge in [0.05, 0.1) is 0 Å². The fourth-order valence-corrected chi connectivity index (χ4v) is 2.29. The molecular formula is C13H16BrN. The van der Waals surface area contributed by atoms with Gasteiger partial charge in [0.25, 0.3) is 0 Å². The number of rotatable bonds is 2. The summed E-state index contributed by atoms with van der Waals surface area (Å²) in [6, 6.07) is 6.46. The summed E-state index contributed by atoms with van der Waals surface area (Å²) >= 11 is 3.50. The van der Waals surface area contributed by atoms with Gasteiger partial charge in [-0.2, -0.15) is 0 Å². The highest BCUT2D eigenvalue weighted by Gasteiger charge is 2.25. The molecule has 1 aromatic rings. The standard InChI is InChI=1S/C13H16BrN/c1-13(2,8-15)11-5-9-3-4-12(14)7-10(9)6-11/h3-5,7H,6,8,15H2,1-2H3. The molecule has 1 aliphatic rings. The monoisotopic (exact) mass is 265 g/mol. The molecule has 0 bridgehead atoms. The Kier molecular flexibility index (Phi) is 2.73. The summed E-state index contributed by atoms with van der Waals surface area (Å²) in [5.41, 5.74) is 10.1. The fourth-order valence-electron chi connectivity index (χ4n) is 1.88. The predicted molar refractivity (Wildman–Crippen MR) is 68.7 cm³/mol. The highest BCUT2D eigenvalue weighted by atomic mass is 79.9. The second kappa shape index (κ2) is 3.76. The molecule has 0 heterocycles. The van der Waals surface area contributed by atoms with Gasteiger partial charge in [0.1, 0.15) is 0 Å². The van der Waals surface area contributed by atoms with Crippen LogP contribution in [0.5, 0.6) is 0 Å². The molecule has 15 heavy (non-hydrogen) atoms. The normalized spacial score (nSPS) is 15.1. The van der Waals surface area contributed by atoms with Crippen molar-refractivity contribution in [2.24, 2.45) is 11.1 Å². The molecule has 1 aliphatic carbocycles. The Morgan fingerprint density at radius 3 is 2.80 bits per heavy atom. The molecule has 0 fully saturated rings. The van der Waals surface area contributed by atoms with Crippen LogP contribution in [-0.2, 0) is 6.42 Å². The zero-order chi connectivity index (χ0) is 11.1. The number of nitrogens with two attached hydrogens (primary N) is 1. The highest BCUT2D eigenvalue weighted by molar-refractivity contribution is 9.10. The number of hydrogen-bond donors (Lipinski definition) is 1. The van der Waals surface area contributed by atoms with Crippen LogP contribution in [0.2, 0.25) is 0 Å². The molecule has 1 nitrogen and oxygen atoms in total. The molecule has 2 heteroatoms. The Morgan fingerprint density at radius 1 is 1.40 bits per heavy atom. The summed E-state index contributed by atoms with van der Waals surface area (Å²) in [5.74, 6) is 0. The number of fused-ring (bicyclic) bond motifs is 1. The van der Waals surface area contributed by atoms with E-state index in [1.54, 1.807) is 0 Å². The molecule has 0 saturated heterocycles. The Hall–Kier alpha value is -0.600. The van der Waals surface area contributed by atoms with Crippen molar-refractivity contribution < 1.29 is 0 Å². The summed E-state index contributed by atoms with van der Waals surface area (Å²) in [4.78, 5) is 0. The maximum atomic E-state index is 5.80. The second-order valence-corrected chi connectivity index (χ2v) is 5.69. The van der Waals surface area contributed by atoms with Crippen LogP contribution < -0.4 is 5.73 Å². The second-order valence-electron chi connectivity index (χ2n) is 4.78. The summed E-state index contributed by atoms with van der Waals surface area (Å²) in [6.45, 7) is 5.12. The topological polar surface area (TPSA) is 26.0 Å². The third kappa shape index (κ3) is 2.01. The average molecular weight is 266 g/mol. The van der Waals surface area contributed by atoms with Gasteiger partial charge in [0.15, 0.2) is 0 Å². The van der Waals surface area contributed by atoms with Crippen LogP contribution in [0.4, 0.5) is 0 Å². The zero-order valence-electron chi connectivity index (χ0n) is 9.18. The van der Waals surface area contributed by atoms with E-state index in [9.17, 15) is 0 Å². The van der Waals surface area contributed by atoms with E-state index < -0.39 is 0 Å². The van der Waals surface area contributed by atoms with E-state index in [1.165, 1.54) is 16.7 Å². The number of halogens is 1. The largest absolute Gasteiger partial charge is 0.330 e. The minimum atomic E-state index is 0.117. The molecule has 2 rings (SSSR count). The van der Waals surface area contributed by atoms with Gasteiger partial charge in [-0.15, -0.1) is 0 Å². The van der Waals surface area contributed by atoms with Crippen molar-refractivity contribution in [1.29, 1.82) is 0 Å². The molecule has 0 aromatic heterocycles. The molecular weight excluding hydrogens is 250 g/mol. The van der Waals surface area contributed by atoms with Crippen molar-refractivity contribution in [1.82, 2.24) is 0 Å². The maximum absolute atomic E-state index is 5.80. The van der Waals surface area contributed by atoms with Gasteiger partial charge < -0.3 is 5.73 Å². The van der Waals surface area contributed by atoms with Crippen LogP contribution in [0, 0.1) is 5.41 Å². The van der Waals surface area contributed by atoms with Gasteiger partial charge in [-0.25, -0.2) is 0 Å². The van der Waals surface area contributed by atoms with E-state index in [2.05, 4.69) is 54.1 Å². The lowest BCUT2D eigenvalue weighted by Crippen LogP contribution is -2.25. The van der Waals surface area contributed by atoms with Gasteiger partial charge >= 0.3 is 0 Å². The van der Waals surface area contributed by atoms with Crippen LogP contribution in [0.15, 0.2) is 28.2 Å². The zero-order valence-corrected chi connectivity index (χ0v) is 10.8. The highest BCUT2D eigenvalue weighted by Crippen LogP contribution is 2.36. The van der Waals surface area contributed by atoms with Crippen molar-refractivity contribution in [3.8, 4) is 0 Å². The molecule has 0 amide bonds. The summed E-state index contributed by atoms with van der Waals surface area (Å²) in [6.07, 6.45) is 3.33. The Bertz CT molecular complexity index is 419. The average Bonchev–Trinajstić information content (AvgIpc) is 2.61. The summed E-state index contributed by atoms with van der Waals surface area (Å²) in [7, 11) is 0. The first-order chi connectivity index (χ1) is 7.03. The first kappa shape index (κ1) is 10.9. The van der Waals surface area contributed by atoms with Crippen LogP contribution in [0.3, 0.4) is 0 Å². The van der Waals surface area contributed by atoms with Crippen molar-refractivity contribution in [2.75, 3.05) is 6.54 Å². The minimum Gasteiger partial charge on any atom is -0.330 e. The molecule has 0 aliphatic heterocycles. The van der Waals surface area contributed by atoms with Crippen LogP contribution in [0.1, 0.15) is 25.0 Å². The SMILES string of the molecule is CC(C)(CN)C1=Cc2ccc(Br)cc2C1. The summed E-state index contributed by atoms with van der Waals surface area (Å²) in [5, 5.41) is 0. The lowest BCUT2D eigenvalue weighted by atomic mass is 9.83. The van der Waals surface area contributed by atoms with Gasteiger partial charge in [0.2, 0.25) is 0 Å². The van der Waals surface area contributed by atoms with Gasteiger partial charge in [0, 0.05) is 11.0 Å². The van der Waals surface area contributed by atoms with Crippen molar-refractivity contribution in [2.45, 2.75) is 20.3 Å². The molecule has 80 valence electrons. The predicted octanol–water partition coefficient (Wildman–Crippen LogP) is 3.37. The third-order valence-corrected chi connectivity index (χ3v) is 3.69. The molecule has 0 saturated carbocycles. The quantitative estimate of drug-likeness (QED) is 0.872. The summed E-state index contributed by atoms with van der Waals surface area (Å²) < 4.78 is 1.15. The molecule has 1 aromatic carbocycles. The lowest BCUT2D eigenvalue weighted by Gasteiger charge is -2.24. The Morgan fingerprint density at radius 2 is 2.13 bits per heavy atom. The van der Waals surface area contributed by atoms with E-state index in [0.717, 1.165) is 10.9 Å². The van der Waals surface area contributed by atoms with E-state index in [4.69, 9.17) is 5.73 Å². The van der Waals surface area contributed by atoms with Crippen molar-refractivity contribution >= 4 is 22.0 Å². The van der Waals surface area contributed by atoms with Crippen molar-refractivity contribution in [3.63, 3.8) is 0 Å². The van der Waals surface area contributed by atoms with Gasteiger partial charge in [-0.3, -0.25) is 0 Å². The van der Waals surface area contributed by atoms with Crippen LogP contribution >= 0.6 is 15.9 Å². The molecule has 2 N–H and O–H groups in total. The molecule has 0 radical (unpaired) electrons. The molecule has 0 unspecified atom stereocenters. The van der Waals surface area contributed by atoms with E-state index in [0.29, 0.717) is 6.54 Å². The van der Waals surface area contributed by atoms with Crippen LogP contribution in [0.25, 0.3) is 6.08 Å². The third-order valence-electron chi connectivity index (χ3n) is 3.20. The molecule has 0 atom stereocenters. The first-order valence-electron chi connectivity index (χ1n) is 5.22. The number of hydrogen-bond acceptors (Lipinski definition) is 1. The van der Waals surface area contributed by atoms with Gasteiger partial charge in [-0.1, -0.05) is 47.5 Å². The first-order valence-corrected chi connectivity index (χ1v) is 6.02. The van der Waals surface area contributed by atoms with E-state index in [-0.39, 0.29) is 5.41 Å². The smallest absolute Gasteiger partial charge is 0.0178 e. The maximum Gasteiger partial charge on any atom is 0.0178 e. The van der Waals surface area contributed by atoms with E-state index >= 15 is 0 Å². The molecule has 0 spiro atoms. The minimum absolute atomic E-state index is 0.117. The van der Waals surface area contributed by atoms with Gasteiger partial charge in [-0.05, 0) is 35.1 Å². The number of benzene rings is 1. The van der Waals surface area contributed by atoms with Crippen molar-refractivity contribution in [3.05, 3.63) is 39.4 Å². The lowest BCUT2D eigenvalue weighted by molar-refractivity contribution is 0.456. The Balaban J connectivity index is 2.33. The van der Waals surface area contributed by atoms with E-state index in [1.807, 2.05) is 0 Å².